The van der Waals surface area contributed by atoms with Crippen LogP contribution in [0.4, 0.5) is 5.82 Å². The summed E-state index contributed by atoms with van der Waals surface area (Å²) < 4.78 is 6.31. The number of aromatic nitrogens is 2. The monoisotopic (exact) mass is 243 g/mol. The summed E-state index contributed by atoms with van der Waals surface area (Å²) in [6.07, 6.45) is -3.30. The smallest absolute Gasteiger partial charge is 0.351 e. The van der Waals surface area contributed by atoms with Crippen molar-refractivity contribution in [3.8, 4) is 0 Å². The van der Waals surface area contributed by atoms with Gasteiger partial charge in [0.05, 0.1) is 6.10 Å². The Labute approximate surface area is 95.9 Å². The lowest BCUT2D eigenvalue weighted by Gasteiger charge is -2.17. The first-order valence-corrected chi connectivity index (χ1v) is 5.03. The van der Waals surface area contributed by atoms with Crippen LogP contribution in [0.3, 0.4) is 0 Å². The summed E-state index contributed by atoms with van der Waals surface area (Å²) in [5.74, 6) is 0.0866. The van der Waals surface area contributed by atoms with Gasteiger partial charge in [0.25, 0.3) is 0 Å². The van der Waals surface area contributed by atoms with Crippen molar-refractivity contribution >= 4 is 5.82 Å². The number of anilines is 1. The molecule has 2 heterocycles. The van der Waals surface area contributed by atoms with Crippen LogP contribution in [0.25, 0.3) is 0 Å². The molecule has 0 bridgehead atoms. The van der Waals surface area contributed by atoms with E-state index in [-0.39, 0.29) is 12.2 Å². The number of aliphatic hydroxyl groups is 3. The summed E-state index contributed by atoms with van der Waals surface area (Å²) in [6.45, 7) is 0. The molecule has 94 valence electrons. The van der Waals surface area contributed by atoms with E-state index in [1.54, 1.807) is 0 Å². The van der Waals surface area contributed by atoms with Crippen LogP contribution in [0.2, 0.25) is 0 Å². The fourth-order valence-corrected chi connectivity index (χ4v) is 1.76. The minimum atomic E-state index is -1.80. The summed E-state index contributed by atoms with van der Waals surface area (Å²) in [7, 11) is 0. The summed E-state index contributed by atoms with van der Waals surface area (Å²) >= 11 is 0. The number of nitrogens with two attached hydrogens (primary N) is 1. The van der Waals surface area contributed by atoms with E-state index in [0.717, 1.165) is 4.57 Å². The van der Waals surface area contributed by atoms with Crippen LogP contribution in [0.1, 0.15) is 12.6 Å². The van der Waals surface area contributed by atoms with Crippen molar-refractivity contribution in [1.29, 1.82) is 0 Å². The Bertz CT molecular complexity index is 460. The third-order valence-corrected chi connectivity index (χ3v) is 2.59. The van der Waals surface area contributed by atoms with Crippen LogP contribution in [-0.2, 0) is 4.74 Å². The van der Waals surface area contributed by atoms with Crippen molar-refractivity contribution in [2.45, 2.75) is 31.1 Å². The number of hydrogen-bond acceptors (Lipinski definition) is 7. The van der Waals surface area contributed by atoms with E-state index in [1.807, 2.05) is 0 Å². The highest BCUT2D eigenvalue weighted by atomic mass is 16.6. The molecule has 0 aliphatic carbocycles. The molecule has 0 spiro atoms. The van der Waals surface area contributed by atoms with Crippen LogP contribution in [0.15, 0.2) is 17.1 Å². The van der Waals surface area contributed by atoms with Crippen LogP contribution < -0.4 is 11.4 Å². The Morgan fingerprint density at radius 2 is 2.29 bits per heavy atom. The van der Waals surface area contributed by atoms with Gasteiger partial charge >= 0.3 is 5.69 Å². The van der Waals surface area contributed by atoms with E-state index < -0.39 is 30.4 Å². The Kier molecular flexibility index (Phi) is 3.11. The zero-order valence-electron chi connectivity index (χ0n) is 8.80. The molecule has 17 heavy (non-hydrogen) atoms. The van der Waals surface area contributed by atoms with Gasteiger partial charge < -0.3 is 25.8 Å². The third kappa shape index (κ3) is 2.29. The van der Waals surface area contributed by atoms with Crippen molar-refractivity contribution in [1.82, 2.24) is 9.55 Å². The predicted octanol–water partition coefficient (Wildman–Crippen LogP) is -2.22. The first kappa shape index (κ1) is 12.0. The number of nitrogen functional groups attached to an aromatic ring is 1. The summed E-state index contributed by atoms with van der Waals surface area (Å²) in [5.41, 5.74) is 4.72. The van der Waals surface area contributed by atoms with E-state index in [1.165, 1.54) is 12.3 Å². The minimum Gasteiger partial charge on any atom is -0.390 e. The van der Waals surface area contributed by atoms with E-state index in [4.69, 9.17) is 20.7 Å². The lowest BCUT2D eigenvalue weighted by Crippen LogP contribution is -2.34. The van der Waals surface area contributed by atoms with Crippen molar-refractivity contribution in [2.24, 2.45) is 0 Å². The number of rotatable bonds is 2. The Morgan fingerprint density at radius 1 is 1.59 bits per heavy atom. The van der Waals surface area contributed by atoms with Crippen LogP contribution in [0, 0.1) is 0 Å². The van der Waals surface area contributed by atoms with Crippen LogP contribution >= 0.6 is 0 Å². The van der Waals surface area contributed by atoms with Gasteiger partial charge in [-0.15, -0.1) is 0 Å². The fourth-order valence-electron chi connectivity index (χ4n) is 1.76. The highest BCUT2D eigenvalue weighted by molar-refractivity contribution is 5.23. The number of nitrogens with zero attached hydrogens (tertiary/aromatic N) is 2. The standard InChI is InChI=1S/C9H13N3O5/c10-5-1-2-12(9(16)11-5)6-3-4(13)7(17-6)8(14)15/h1-2,4,6-8,13-15H,3H2,(H2,10,11,16)/t4-,6?,7-/m0/s1. The molecule has 0 saturated carbocycles. The first-order chi connectivity index (χ1) is 7.99. The molecule has 8 nitrogen and oxygen atoms in total. The lowest BCUT2D eigenvalue weighted by molar-refractivity contribution is -0.168. The maximum Gasteiger partial charge on any atom is 0.351 e. The molecule has 3 atom stereocenters. The van der Waals surface area contributed by atoms with Gasteiger partial charge in [-0.3, -0.25) is 4.57 Å². The molecule has 2 rings (SSSR count). The third-order valence-electron chi connectivity index (χ3n) is 2.59. The van der Waals surface area contributed by atoms with Crippen molar-refractivity contribution < 1.29 is 20.1 Å². The van der Waals surface area contributed by atoms with E-state index >= 15 is 0 Å². The van der Waals surface area contributed by atoms with Gasteiger partial charge in [0, 0.05) is 12.6 Å². The zero-order valence-corrected chi connectivity index (χ0v) is 8.80. The molecule has 5 N–H and O–H groups in total. The van der Waals surface area contributed by atoms with Gasteiger partial charge in [-0.2, -0.15) is 4.98 Å². The van der Waals surface area contributed by atoms with Gasteiger partial charge in [-0.25, -0.2) is 4.79 Å². The summed E-state index contributed by atoms with van der Waals surface area (Å²) in [6, 6.07) is 1.42. The molecule has 0 radical (unpaired) electrons. The molecular weight excluding hydrogens is 230 g/mol. The predicted molar refractivity (Wildman–Crippen MR) is 55.7 cm³/mol. The normalized spacial score (nSPS) is 28.8. The Hall–Kier alpha value is -1.48. The molecule has 1 aromatic rings. The molecule has 1 fully saturated rings. The van der Waals surface area contributed by atoms with Crippen molar-refractivity contribution in [3.05, 3.63) is 22.7 Å². The van der Waals surface area contributed by atoms with Crippen molar-refractivity contribution in [2.75, 3.05) is 5.73 Å². The Balaban J connectivity index is 2.23. The molecule has 1 aromatic heterocycles. The molecule has 1 saturated heterocycles. The van der Waals surface area contributed by atoms with Crippen molar-refractivity contribution in [3.63, 3.8) is 0 Å². The van der Waals surface area contributed by atoms with E-state index in [9.17, 15) is 9.90 Å². The van der Waals surface area contributed by atoms with Crippen LogP contribution in [-0.4, -0.2) is 43.4 Å². The molecule has 1 aliphatic rings. The fraction of sp³-hybridized carbons (Fsp3) is 0.556. The SMILES string of the molecule is Nc1ccn(C2C[C@H](O)[C@@H](C(O)O)O2)c(=O)n1. The minimum absolute atomic E-state index is 0.0772. The average Bonchev–Trinajstić information content (AvgIpc) is 2.60. The molecular formula is C9H13N3O5. The van der Waals surface area contributed by atoms with Gasteiger partial charge in [-0.05, 0) is 6.07 Å². The lowest BCUT2D eigenvalue weighted by atomic mass is 10.2. The molecule has 1 unspecified atom stereocenters. The van der Waals surface area contributed by atoms with Crippen LogP contribution in [0.5, 0.6) is 0 Å². The highest BCUT2D eigenvalue weighted by Gasteiger charge is 2.39. The van der Waals surface area contributed by atoms with Gasteiger partial charge in [-0.1, -0.05) is 0 Å². The second-order valence-electron chi connectivity index (χ2n) is 3.81. The Morgan fingerprint density at radius 3 is 2.82 bits per heavy atom. The van der Waals surface area contributed by atoms with Gasteiger partial charge in [0.15, 0.2) is 6.29 Å². The summed E-state index contributed by atoms with van der Waals surface area (Å²) in [4.78, 5) is 15.0. The quantitative estimate of drug-likeness (QED) is 0.433. The molecule has 0 amide bonds. The topological polar surface area (TPSA) is 131 Å². The van der Waals surface area contributed by atoms with Gasteiger partial charge in [0.2, 0.25) is 0 Å². The van der Waals surface area contributed by atoms with Gasteiger partial charge in [0.1, 0.15) is 18.1 Å². The maximum absolute atomic E-state index is 11.5. The largest absolute Gasteiger partial charge is 0.390 e. The summed E-state index contributed by atoms with van der Waals surface area (Å²) in [5, 5.41) is 27.4. The number of aliphatic hydroxyl groups excluding tert-OH is 2. The molecule has 8 heteroatoms. The van der Waals surface area contributed by atoms with E-state index in [0.29, 0.717) is 0 Å². The highest BCUT2D eigenvalue weighted by Crippen LogP contribution is 2.28. The first-order valence-electron chi connectivity index (χ1n) is 5.03. The number of hydrogen-bond donors (Lipinski definition) is 4. The number of ether oxygens (including phenoxy) is 1. The zero-order chi connectivity index (χ0) is 12.6. The average molecular weight is 243 g/mol. The maximum atomic E-state index is 11.5. The van der Waals surface area contributed by atoms with E-state index in [2.05, 4.69) is 4.98 Å². The second-order valence-corrected chi connectivity index (χ2v) is 3.81. The molecule has 0 aromatic carbocycles. The molecule has 1 aliphatic heterocycles. The second kappa shape index (κ2) is 4.41.